The molecule has 2 aliphatic rings. The van der Waals surface area contributed by atoms with Crippen LogP contribution in [0.5, 0.6) is 11.5 Å². The van der Waals surface area contributed by atoms with E-state index in [4.69, 9.17) is 4.74 Å². The molecular weight excluding hydrogens is 380 g/mol. The van der Waals surface area contributed by atoms with Crippen LogP contribution in [0.15, 0.2) is 24.3 Å². The molecule has 0 bridgehead atoms. The van der Waals surface area contributed by atoms with Crippen LogP contribution < -0.4 is 0 Å². The number of aliphatic hydroxyl groups is 2. The van der Waals surface area contributed by atoms with Gasteiger partial charge in [-0.2, -0.15) is 0 Å². The number of ketones is 2. The number of rotatable bonds is 1. The minimum Gasteiger partial charge on any atom is -0.507 e. The van der Waals surface area contributed by atoms with Crippen molar-refractivity contribution in [3.05, 3.63) is 57.6 Å². The van der Waals surface area contributed by atoms with Gasteiger partial charge < -0.3 is 25.2 Å². The molecule has 150 valence electrons. The Morgan fingerprint density at radius 2 is 1.83 bits per heavy atom. The lowest BCUT2D eigenvalue weighted by Crippen LogP contribution is -2.44. The maximum Gasteiger partial charge on any atom is 0.316 e. The molecule has 0 fully saturated rings. The van der Waals surface area contributed by atoms with Crippen LogP contribution in [0.2, 0.25) is 0 Å². The number of phenols is 2. The Morgan fingerprint density at radius 1 is 1.14 bits per heavy atom. The molecule has 3 atom stereocenters. The molecule has 0 aromatic heterocycles. The van der Waals surface area contributed by atoms with E-state index in [2.05, 4.69) is 0 Å². The Hall–Kier alpha value is -3.23. The second-order valence-electron chi connectivity index (χ2n) is 7.54. The van der Waals surface area contributed by atoms with Gasteiger partial charge in [-0.3, -0.25) is 14.4 Å². The van der Waals surface area contributed by atoms with E-state index in [0.717, 1.165) is 7.11 Å². The van der Waals surface area contributed by atoms with Gasteiger partial charge in [0.25, 0.3) is 0 Å². The van der Waals surface area contributed by atoms with Gasteiger partial charge in [0.15, 0.2) is 5.78 Å². The molecule has 4 N–H and O–H groups in total. The summed E-state index contributed by atoms with van der Waals surface area (Å²) in [6.45, 7) is 1.34. The Kier molecular flexibility index (Phi) is 4.04. The summed E-state index contributed by atoms with van der Waals surface area (Å²) in [4.78, 5) is 38.4. The molecule has 0 saturated carbocycles. The largest absolute Gasteiger partial charge is 0.507 e. The van der Waals surface area contributed by atoms with Gasteiger partial charge in [-0.1, -0.05) is 12.1 Å². The van der Waals surface area contributed by atoms with Crippen LogP contribution in [0.1, 0.15) is 68.3 Å². The van der Waals surface area contributed by atoms with Crippen molar-refractivity contribution in [1.29, 1.82) is 0 Å². The number of hydrogen-bond acceptors (Lipinski definition) is 8. The highest BCUT2D eigenvalue weighted by atomic mass is 16.5. The zero-order chi connectivity index (χ0) is 21.2. The van der Waals surface area contributed by atoms with Crippen molar-refractivity contribution < 1.29 is 39.5 Å². The van der Waals surface area contributed by atoms with Gasteiger partial charge in [-0.25, -0.2) is 0 Å². The number of methoxy groups -OCH3 is 1. The van der Waals surface area contributed by atoms with Gasteiger partial charge in [0.2, 0.25) is 5.78 Å². The molecule has 2 aliphatic carbocycles. The molecule has 0 radical (unpaired) electrons. The molecule has 2 aromatic rings. The minimum atomic E-state index is -1.71. The monoisotopic (exact) mass is 398 g/mol. The highest BCUT2D eigenvalue weighted by Crippen LogP contribution is 2.51. The Balaban J connectivity index is 2.05. The van der Waals surface area contributed by atoms with E-state index in [1.165, 1.54) is 31.2 Å². The third kappa shape index (κ3) is 2.49. The zero-order valence-corrected chi connectivity index (χ0v) is 15.6. The van der Waals surface area contributed by atoms with E-state index >= 15 is 0 Å². The number of aliphatic hydroxyl groups excluding tert-OH is 1. The maximum absolute atomic E-state index is 13.0. The summed E-state index contributed by atoms with van der Waals surface area (Å²) in [6.07, 6.45) is -1.68. The predicted molar refractivity (Wildman–Crippen MR) is 98.0 cm³/mol. The van der Waals surface area contributed by atoms with Gasteiger partial charge in [0.1, 0.15) is 17.4 Å². The van der Waals surface area contributed by atoms with Crippen LogP contribution in [0.25, 0.3) is 0 Å². The van der Waals surface area contributed by atoms with E-state index in [1.807, 2.05) is 0 Å². The summed E-state index contributed by atoms with van der Waals surface area (Å²) in [7, 11) is 1.13. The summed E-state index contributed by atoms with van der Waals surface area (Å²) in [6, 6.07) is 5.27. The molecule has 0 saturated heterocycles. The second-order valence-corrected chi connectivity index (χ2v) is 7.54. The first-order valence-electron chi connectivity index (χ1n) is 8.89. The molecule has 0 heterocycles. The lowest BCUT2D eigenvalue weighted by Gasteiger charge is -2.40. The Morgan fingerprint density at radius 3 is 2.48 bits per heavy atom. The van der Waals surface area contributed by atoms with Crippen molar-refractivity contribution in [2.24, 2.45) is 0 Å². The fraction of sp³-hybridized carbons (Fsp3) is 0.286. The molecule has 0 aliphatic heterocycles. The van der Waals surface area contributed by atoms with Gasteiger partial charge in [0.05, 0.1) is 29.9 Å². The van der Waals surface area contributed by atoms with E-state index in [1.54, 1.807) is 0 Å². The average Bonchev–Trinajstić information content (AvgIpc) is 2.64. The number of hydrogen-bond donors (Lipinski definition) is 4. The number of phenolic OH excluding ortho intramolecular Hbond substituents is 2. The fourth-order valence-electron chi connectivity index (χ4n) is 4.39. The Bertz CT molecular complexity index is 1100. The first-order valence-corrected chi connectivity index (χ1v) is 8.89. The third-order valence-electron chi connectivity index (χ3n) is 5.67. The lowest BCUT2D eigenvalue weighted by atomic mass is 9.68. The first kappa shape index (κ1) is 19.1. The van der Waals surface area contributed by atoms with Crippen molar-refractivity contribution in [2.75, 3.05) is 7.11 Å². The van der Waals surface area contributed by atoms with E-state index in [0.29, 0.717) is 0 Å². The van der Waals surface area contributed by atoms with Gasteiger partial charge in [0, 0.05) is 23.1 Å². The van der Waals surface area contributed by atoms with Crippen molar-refractivity contribution in [1.82, 2.24) is 0 Å². The van der Waals surface area contributed by atoms with Crippen molar-refractivity contribution in [2.45, 2.75) is 31.0 Å². The number of fused-ring (bicyclic) bond motifs is 3. The second kappa shape index (κ2) is 6.13. The summed E-state index contributed by atoms with van der Waals surface area (Å²) >= 11 is 0. The standard InChI is InChI=1S/C21H18O8/c1-21(28)7-12(23)14-9(16(21)20(27)29-2)6-10-15(19(14)26)18(25)13-8(17(10)24)4-3-5-11(13)22/h3-6,12,16,22-23,26,28H,7H2,1-2H3/t12-,16-,21+/m0/s1. The van der Waals surface area contributed by atoms with E-state index in [9.17, 15) is 34.8 Å². The van der Waals surface area contributed by atoms with Crippen LogP contribution in [0, 0.1) is 0 Å². The highest BCUT2D eigenvalue weighted by Gasteiger charge is 2.49. The van der Waals surface area contributed by atoms with Crippen molar-refractivity contribution >= 4 is 17.5 Å². The molecule has 0 spiro atoms. The van der Waals surface area contributed by atoms with Gasteiger partial charge >= 0.3 is 5.97 Å². The zero-order valence-electron chi connectivity index (χ0n) is 15.6. The summed E-state index contributed by atoms with van der Waals surface area (Å²) in [5.74, 6) is -4.55. The summed E-state index contributed by atoms with van der Waals surface area (Å²) in [5, 5.41) is 42.2. The number of carbonyl (C=O) groups is 3. The van der Waals surface area contributed by atoms with Gasteiger partial charge in [-0.05, 0) is 24.6 Å². The molecule has 2 aromatic carbocycles. The SMILES string of the molecule is COC(=O)[C@@H]1c2cc3c(c(O)c2[C@@H](O)C[C@@]1(C)O)C(=O)c1c(O)cccc1C3=O. The quantitative estimate of drug-likeness (QED) is 0.450. The van der Waals surface area contributed by atoms with Crippen LogP contribution in [-0.2, 0) is 9.53 Å². The smallest absolute Gasteiger partial charge is 0.316 e. The average molecular weight is 398 g/mol. The molecule has 8 heteroatoms. The van der Waals surface area contributed by atoms with Crippen LogP contribution in [0.3, 0.4) is 0 Å². The van der Waals surface area contributed by atoms with Gasteiger partial charge in [-0.15, -0.1) is 0 Å². The first-order chi connectivity index (χ1) is 13.6. The van der Waals surface area contributed by atoms with E-state index < -0.39 is 46.7 Å². The number of aromatic hydroxyl groups is 2. The molecular formula is C21H18O8. The lowest BCUT2D eigenvalue weighted by molar-refractivity contribution is -0.151. The topological polar surface area (TPSA) is 141 Å². The van der Waals surface area contributed by atoms with Crippen molar-refractivity contribution in [3.63, 3.8) is 0 Å². The predicted octanol–water partition coefficient (Wildman–Crippen LogP) is 1.32. The highest BCUT2D eigenvalue weighted by molar-refractivity contribution is 6.30. The number of ether oxygens (including phenoxy) is 1. The van der Waals surface area contributed by atoms with Crippen LogP contribution in [0.4, 0.5) is 0 Å². The summed E-state index contributed by atoms with van der Waals surface area (Å²) < 4.78 is 4.77. The number of benzene rings is 2. The number of carbonyl (C=O) groups excluding carboxylic acids is 3. The van der Waals surface area contributed by atoms with Crippen LogP contribution in [-0.4, -0.2) is 50.7 Å². The molecule has 8 nitrogen and oxygen atoms in total. The van der Waals surface area contributed by atoms with Crippen LogP contribution >= 0.6 is 0 Å². The van der Waals surface area contributed by atoms with Crippen molar-refractivity contribution in [3.8, 4) is 11.5 Å². The number of esters is 1. The molecule has 0 amide bonds. The maximum atomic E-state index is 13.0. The minimum absolute atomic E-state index is 0.0154. The normalized spacial score (nSPS) is 25.1. The molecule has 0 unspecified atom stereocenters. The summed E-state index contributed by atoms with van der Waals surface area (Å²) in [5.41, 5.74) is -2.62. The third-order valence-corrected chi connectivity index (χ3v) is 5.67. The molecule has 29 heavy (non-hydrogen) atoms. The van der Waals surface area contributed by atoms with E-state index in [-0.39, 0.29) is 39.8 Å². The fourth-order valence-corrected chi connectivity index (χ4v) is 4.39. The molecule has 4 rings (SSSR count). The Labute approximate surface area is 165 Å².